The maximum Gasteiger partial charge on any atom is 0.263 e. The minimum atomic E-state index is -0.207. The van der Waals surface area contributed by atoms with Crippen LogP contribution in [0.15, 0.2) is 28.2 Å². The van der Waals surface area contributed by atoms with Crippen molar-refractivity contribution in [2.24, 2.45) is 0 Å². The van der Waals surface area contributed by atoms with Gasteiger partial charge in [-0.3, -0.25) is 14.2 Å². The zero-order valence-electron chi connectivity index (χ0n) is 16.0. The Labute approximate surface area is 175 Å². The van der Waals surface area contributed by atoms with E-state index in [2.05, 4.69) is 10.3 Å². The number of thioether (sulfide) groups is 1. The maximum absolute atomic E-state index is 12.8. The number of methoxy groups -OCH3 is 1. The molecule has 1 aromatic carbocycles. The van der Waals surface area contributed by atoms with Crippen LogP contribution in [-0.2, 0) is 11.3 Å². The molecule has 1 amide bonds. The van der Waals surface area contributed by atoms with E-state index >= 15 is 0 Å². The average molecular weight is 438 g/mol. The number of rotatable bonds is 6. The van der Waals surface area contributed by atoms with E-state index in [1.54, 1.807) is 22.8 Å². The summed E-state index contributed by atoms with van der Waals surface area (Å²) in [5, 5.41) is 4.43. The van der Waals surface area contributed by atoms with Crippen molar-refractivity contribution in [1.82, 2.24) is 9.55 Å². The molecular formula is C19H20ClN3O3S2. The molecule has 3 rings (SSSR count). The monoisotopic (exact) mass is 437 g/mol. The highest BCUT2D eigenvalue weighted by atomic mass is 35.5. The Kier molecular flexibility index (Phi) is 6.32. The Bertz CT molecular complexity index is 1110. The van der Waals surface area contributed by atoms with E-state index in [-0.39, 0.29) is 17.2 Å². The summed E-state index contributed by atoms with van der Waals surface area (Å²) in [6.07, 6.45) is 0. The summed E-state index contributed by atoms with van der Waals surface area (Å²) in [6, 6.07) is 5.04. The molecule has 1 N–H and O–H groups in total. The number of thiophene rings is 1. The van der Waals surface area contributed by atoms with Crippen LogP contribution < -0.4 is 15.6 Å². The maximum atomic E-state index is 12.8. The van der Waals surface area contributed by atoms with E-state index in [4.69, 9.17) is 16.3 Å². The second-order valence-corrected chi connectivity index (χ2v) is 8.65. The smallest absolute Gasteiger partial charge is 0.263 e. The van der Waals surface area contributed by atoms with Crippen LogP contribution in [0, 0.1) is 13.8 Å². The molecule has 0 unspecified atom stereocenters. The number of fused-ring (bicyclic) bond motifs is 1. The summed E-state index contributed by atoms with van der Waals surface area (Å²) in [5.41, 5.74) is 1.50. The number of nitrogens with one attached hydrogen (secondary N) is 1. The summed E-state index contributed by atoms with van der Waals surface area (Å²) in [6.45, 7) is 6.32. The van der Waals surface area contributed by atoms with Crippen molar-refractivity contribution in [2.45, 2.75) is 32.5 Å². The van der Waals surface area contributed by atoms with Crippen LogP contribution in [0.5, 0.6) is 5.75 Å². The van der Waals surface area contributed by atoms with Gasteiger partial charge in [0.15, 0.2) is 5.16 Å². The minimum Gasteiger partial charge on any atom is -0.495 e. The van der Waals surface area contributed by atoms with Gasteiger partial charge in [0.25, 0.3) is 5.56 Å². The number of amides is 1. The van der Waals surface area contributed by atoms with E-state index in [1.165, 1.54) is 30.2 Å². The first-order valence-corrected chi connectivity index (χ1v) is 10.8. The minimum absolute atomic E-state index is 0.0563. The van der Waals surface area contributed by atoms with Gasteiger partial charge in [0.05, 0.1) is 23.3 Å². The lowest BCUT2D eigenvalue weighted by Gasteiger charge is -2.11. The van der Waals surface area contributed by atoms with Crippen LogP contribution in [0.1, 0.15) is 17.4 Å². The lowest BCUT2D eigenvalue weighted by atomic mass is 10.2. The average Bonchev–Trinajstić information content (AvgIpc) is 2.94. The van der Waals surface area contributed by atoms with E-state index < -0.39 is 0 Å². The van der Waals surface area contributed by atoms with Crippen LogP contribution in [0.2, 0.25) is 5.02 Å². The van der Waals surface area contributed by atoms with Crippen LogP contribution in [0.4, 0.5) is 5.69 Å². The first-order valence-electron chi connectivity index (χ1n) is 8.62. The molecule has 0 saturated carbocycles. The summed E-state index contributed by atoms with van der Waals surface area (Å²) < 4.78 is 6.72. The van der Waals surface area contributed by atoms with Crippen LogP contribution >= 0.6 is 34.7 Å². The molecule has 6 nitrogen and oxygen atoms in total. The standard InChI is InChI=1S/C19H20ClN3O3S2/c1-5-23-18(25)16-10(2)11(3)28-17(16)22-19(23)27-9-15(24)21-12-6-7-14(26-4)13(20)8-12/h6-8H,5,9H2,1-4H3,(H,21,24). The van der Waals surface area contributed by atoms with Crippen molar-refractivity contribution < 1.29 is 9.53 Å². The van der Waals surface area contributed by atoms with E-state index in [0.29, 0.717) is 33.5 Å². The van der Waals surface area contributed by atoms with E-state index in [9.17, 15) is 9.59 Å². The van der Waals surface area contributed by atoms with Crippen molar-refractivity contribution in [3.63, 3.8) is 0 Å². The van der Waals surface area contributed by atoms with Gasteiger partial charge in [-0.05, 0) is 44.5 Å². The molecule has 9 heteroatoms. The predicted molar refractivity (Wildman–Crippen MR) is 116 cm³/mol. The number of ether oxygens (including phenoxy) is 1. The molecule has 0 aliphatic heterocycles. The molecule has 148 valence electrons. The molecule has 3 aromatic rings. The number of anilines is 1. The molecule has 0 aliphatic carbocycles. The third-order valence-electron chi connectivity index (χ3n) is 4.34. The fourth-order valence-electron chi connectivity index (χ4n) is 2.77. The summed E-state index contributed by atoms with van der Waals surface area (Å²) in [5.74, 6) is 0.465. The van der Waals surface area contributed by atoms with E-state index in [0.717, 1.165) is 15.3 Å². The van der Waals surface area contributed by atoms with Crippen molar-refractivity contribution in [3.8, 4) is 5.75 Å². The second kappa shape index (κ2) is 8.55. The van der Waals surface area contributed by atoms with Crippen LogP contribution in [-0.4, -0.2) is 28.3 Å². The highest BCUT2D eigenvalue weighted by Gasteiger charge is 2.17. The molecule has 2 heterocycles. The summed E-state index contributed by atoms with van der Waals surface area (Å²) >= 11 is 8.83. The fourth-order valence-corrected chi connectivity index (χ4v) is 4.96. The number of hydrogen-bond donors (Lipinski definition) is 1. The Morgan fingerprint density at radius 2 is 2.14 bits per heavy atom. The SMILES string of the molecule is CCn1c(SCC(=O)Nc2ccc(OC)c(Cl)c2)nc2sc(C)c(C)c2c1=O. The van der Waals surface area contributed by atoms with Crippen LogP contribution in [0.25, 0.3) is 10.2 Å². The van der Waals surface area contributed by atoms with Gasteiger partial charge < -0.3 is 10.1 Å². The zero-order valence-corrected chi connectivity index (χ0v) is 18.3. The normalized spacial score (nSPS) is 11.0. The molecule has 0 bridgehead atoms. The van der Waals surface area contributed by atoms with Crippen molar-refractivity contribution >= 4 is 56.5 Å². The van der Waals surface area contributed by atoms with Gasteiger partial charge in [0.1, 0.15) is 10.6 Å². The summed E-state index contributed by atoms with van der Waals surface area (Å²) in [7, 11) is 1.53. The number of halogens is 1. The second-order valence-electron chi connectivity index (χ2n) is 6.09. The van der Waals surface area contributed by atoms with Gasteiger partial charge in [-0.25, -0.2) is 4.98 Å². The Morgan fingerprint density at radius 1 is 1.39 bits per heavy atom. The highest BCUT2D eigenvalue weighted by molar-refractivity contribution is 7.99. The van der Waals surface area contributed by atoms with Crippen molar-refractivity contribution in [3.05, 3.63) is 44.0 Å². The number of nitrogens with zero attached hydrogens (tertiary/aromatic N) is 2. The third-order valence-corrected chi connectivity index (χ3v) is 6.71. The first kappa shape index (κ1) is 20.7. The highest BCUT2D eigenvalue weighted by Crippen LogP contribution is 2.29. The third kappa shape index (κ3) is 4.04. The lowest BCUT2D eigenvalue weighted by molar-refractivity contribution is -0.113. The van der Waals surface area contributed by atoms with Gasteiger partial charge in [-0.1, -0.05) is 23.4 Å². The topological polar surface area (TPSA) is 73.2 Å². The Hall–Kier alpha value is -2.03. The molecule has 2 aromatic heterocycles. The molecule has 0 fully saturated rings. The number of benzene rings is 1. The molecule has 0 atom stereocenters. The molecular weight excluding hydrogens is 418 g/mol. The first-order chi connectivity index (χ1) is 13.3. The number of hydrogen-bond acceptors (Lipinski definition) is 6. The van der Waals surface area contributed by atoms with Crippen LogP contribution in [0.3, 0.4) is 0 Å². The van der Waals surface area contributed by atoms with Gasteiger partial charge >= 0.3 is 0 Å². The molecule has 28 heavy (non-hydrogen) atoms. The number of carbonyl (C=O) groups excluding carboxylic acids is 1. The Morgan fingerprint density at radius 3 is 2.79 bits per heavy atom. The molecule has 0 radical (unpaired) electrons. The van der Waals surface area contributed by atoms with Gasteiger partial charge in [0, 0.05) is 17.1 Å². The number of aromatic nitrogens is 2. The number of carbonyl (C=O) groups is 1. The van der Waals surface area contributed by atoms with Gasteiger partial charge in [0.2, 0.25) is 5.91 Å². The molecule has 0 aliphatic rings. The van der Waals surface area contributed by atoms with Gasteiger partial charge in [-0.15, -0.1) is 11.3 Å². The lowest BCUT2D eigenvalue weighted by Crippen LogP contribution is -2.23. The Balaban J connectivity index is 1.78. The van der Waals surface area contributed by atoms with E-state index in [1.807, 2.05) is 20.8 Å². The zero-order chi connectivity index (χ0) is 20.4. The predicted octanol–water partition coefficient (Wildman–Crippen LogP) is 4.49. The largest absolute Gasteiger partial charge is 0.495 e. The van der Waals surface area contributed by atoms with Crippen molar-refractivity contribution in [1.29, 1.82) is 0 Å². The van der Waals surface area contributed by atoms with Crippen molar-refractivity contribution in [2.75, 3.05) is 18.2 Å². The fraction of sp³-hybridized carbons (Fsp3) is 0.316. The molecule has 0 spiro atoms. The molecule has 0 saturated heterocycles. The van der Waals surface area contributed by atoms with Gasteiger partial charge in [-0.2, -0.15) is 0 Å². The number of aryl methyl sites for hydroxylation is 2. The summed E-state index contributed by atoms with van der Waals surface area (Å²) in [4.78, 5) is 31.6. The quantitative estimate of drug-likeness (QED) is 0.454.